The molecule has 8 heteroatoms. The molecule has 0 aromatic heterocycles. The van der Waals surface area contributed by atoms with Crippen molar-refractivity contribution in [3.8, 4) is 0 Å². The Balaban J connectivity index is -0.0000000267. The van der Waals surface area contributed by atoms with Crippen LogP contribution in [-0.2, 0) is 27.5 Å². The molecule has 0 aromatic carbocycles. The molecule has 0 saturated heterocycles. The third-order valence-corrected chi connectivity index (χ3v) is 0. The molecular weight excluding hydrogens is 218 g/mol. The minimum absolute atomic E-state index is 0. The van der Waals surface area contributed by atoms with Crippen LogP contribution in [0, 0.1) is 0 Å². The summed E-state index contributed by atoms with van der Waals surface area (Å²) >= 11 is 0. The summed E-state index contributed by atoms with van der Waals surface area (Å²) in [6.07, 6.45) is 0. The van der Waals surface area contributed by atoms with Gasteiger partial charge in [0, 0.05) is 17.1 Å². The van der Waals surface area contributed by atoms with E-state index in [1.54, 1.807) is 0 Å². The van der Waals surface area contributed by atoms with Crippen molar-refractivity contribution >= 4 is 79.1 Å². The number of hydrogen-bond acceptors (Lipinski definition) is 2. The molecule has 0 radical (unpaired) electrons. The molecule has 0 amide bonds. The van der Waals surface area contributed by atoms with E-state index in [-0.39, 0.29) is 85.8 Å². The summed E-state index contributed by atoms with van der Waals surface area (Å²) in [5.41, 5.74) is 0. The second kappa shape index (κ2) is 9.56. The maximum absolute atomic E-state index is 8.74. The first-order valence-electron chi connectivity index (χ1n) is 0.698. The summed E-state index contributed by atoms with van der Waals surface area (Å²) in [6, 6.07) is 0. The van der Waals surface area contributed by atoms with E-state index < -0.39 is 10.4 Å². The number of rotatable bonds is 0. The molecule has 0 bridgehead atoms. The molecule has 48 valence electrons. The van der Waals surface area contributed by atoms with Gasteiger partial charge in [-0.15, -0.1) is 0 Å². The van der Waals surface area contributed by atoms with Gasteiger partial charge in [-0.05, 0) is 0 Å². The van der Waals surface area contributed by atoms with Crippen LogP contribution in [0.3, 0.4) is 0 Å². The molecular formula is H6AlFeKO4S. The Labute approximate surface area is 111 Å². The average molecular weight is 224 g/mol. The Morgan fingerprint density at radius 1 is 1.12 bits per heavy atom. The van der Waals surface area contributed by atoms with Crippen LogP contribution in [0.5, 0.6) is 0 Å². The minimum atomic E-state index is -4.67. The van der Waals surface area contributed by atoms with E-state index in [1.165, 1.54) is 0 Å². The molecule has 0 rings (SSSR count). The first kappa shape index (κ1) is 22.4. The van der Waals surface area contributed by atoms with Crippen molar-refractivity contribution in [2.75, 3.05) is 0 Å². The van der Waals surface area contributed by atoms with Crippen LogP contribution in [0.2, 0.25) is 0 Å². The Kier molecular flexibility index (Phi) is 26.8. The Morgan fingerprint density at radius 2 is 1.12 bits per heavy atom. The maximum atomic E-state index is 8.74. The van der Waals surface area contributed by atoms with E-state index >= 15 is 0 Å². The molecule has 0 saturated carbocycles. The summed E-state index contributed by atoms with van der Waals surface area (Å²) in [7, 11) is -4.67. The van der Waals surface area contributed by atoms with Crippen LogP contribution in [0.25, 0.3) is 0 Å². The van der Waals surface area contributed by atoms with E-state index in [9.17, 15) is 0 Å². The fourth-order valence-corrected chi connectivity index (χ4v) is 0. The second-order valence-electron chi connectivity index (χ2n) is 0.448. The predicted octanol–water partition coefficient (Wildman–Crippen LogP) is -2.49. The van der Waals surface area contributed by atoms with Crippen LogP contribution in [0.1, 0.15) is 0 Å². The zero-order valence-corrected chi connectivity index (χ0v) is 4.39. The van der Waals surface area contributed by atoms with Crippen molar-refractivity contribution < 1.29 is 34.6 Å². The van der Waals surface area contributed by atoms with Gasteiger partial charge >= 0.3 is 61.8 Å². The molecule has 0 atom stereocenters. The van der Waals surface area contributed by atoms with Crippen LogP contribution in [0.4, 0.5) is 0 Å². The van der Waals surface area contributed by atoms with Gasteiger partial charge in [-0.1, -0.05) is 0 Å². The van der Waals surface area contributed by atoms with Crippen molar-refractivity contribution in [3.05, 3.63) is 0 Å². The molecule has 8 heavy (non-hydrogen) atoms. The molecule has 4 nitrogen and oxygen atoms in total. The molecule has 0 aliphatic carbocycles. The van der Waals surface area contributed by atoms with Crippen LogP contribution in [0.15, 0.2) is 0 Å². The van der Waals surface area contributed by atoms with Crippen molar-refractivity contribution in [2.24, 2.45) is 0 Å². The van der Waals surface area contributed by atoms with Gasteiger partial charge < -0.3 is 0 Å². The van der Waals surface area contributed by atoms with Crippen LogP contribution >= 0.6 is 0 Å². The van der Waals surface area contributed by atoms with E-state index in [0.717, 1.165) is 0 Å². The van der Waals surface area contributed by atoms with Gasteiger partial charge in [0.2, 0.25) is 0 Å². The monoisotopic (exact) mass is 224 g/mol. The first-order valence-corrected chi connectivity index (χ1v) is 2.10. The van der Waals surface area contributed by atoms with Crippen molar-refractivity contribution in [3.63, 3.8) is 0 Å². The SMILES string of the molecule is O=S(=O)(O)O.[AlH3].[Fe].[KH]. The fraction of sp³-hybridized carbons (Fsp3) is 0. The van der Waals surface area contributed by atoms with Crippen LogP contribution in [-0.4, -0.2) is 86.3 Å². The van der Waals surface area contributed by atoms with Gasteiger partial charge in [-0.3, -0.25) is 9.11 Å². The zero-order valence-electron chi connectivity index (χ0n) is 2.47. The van der Waals surface area contributed by atoms with Crippen molar-refractivity contribution in [1.82, 2.24) is 0 Å². The molecule has 0 fully saturated rings. The van der Waals surface area contributed by atoms with Gasteiger partial charge in [0.25, 0.3) is 0 Å². The molecule has 0 unspecified atom stereocenters. The van der Waals surface area contributed by atoms with E-state index in [2.05, 4.69) is 0 Å². The molecule has 0 spiro atoms. The third-order valence-electron chi connectivity index (χ3n) is 0. The Bertz CT molecular complexity index is 99.2. The number of hydrogen-bond donors (Lipinski definition) is 2. The topological polar surface area (TPSA) is 74.6 Å². The second-order valence-corrected chi connectivity index (χ2v) is 1.34. The van der Waals surface area contributed by atoms with Crippen molar-refractivity contribution in [1.29, 1.82) is 0 Å². The molecule has 0 aromatic rings. The van der Waals surface area contributed by atoms with Gasteiger partial charge in [0.05, 0.1) is 0 Å². The van der Waals surface area contributed by atoms with Gasteiger partial charge in [0.1, 0.15) is 0 Å². The Hall–Kier alpha value is 2.56. The normalized spacial score (nSPS) is 7.25. The van der Waals surface area contributed by atoms with Gasteiger partial charge in [0.15, 0.2) is 17.4 Å². The van der Waals surface area contributed by atoms with Crippen molar-refractivity contribution in [2.45, 2.75) is 0 Å². The van der Waals surface area contributed by atoms with Gasteiger partial charge in [-0.25, -0.2) is 0 Å². The van der Waals surface area contributed by atoms with Gasteiger partial charge in [-0.2, -0.15) is 8.42 Å². The van der Waals surface area contributed by atoms with Crippen LogP contribution < -0.4 is 0 Å². The predicted molar refractivity (Wildman–Crippen MR) is 31.3 cm³/mol. The molecule has 0 aliphatic rings. The zero-order chi connectivity index (χ0) is 4.50. The standard InChI is InChI=1S/Al.Fe.K.H2O4S.4H/c;;;1-5(2,3)4;;;;/h;;;(H2,1,2,3,4);;;;. The quantitative estimate of drug-likeness (QED) is 0.352. The summed E-state index contributed by atoms with van der Waals surface area (Å²) in [5.74, 6) is 0. The fourth-order valence-electron chi connectivity index (χ4n) is 0. The molecule has 0 heterocycles. The summed E-state index contributed by atoms with van der Waals surface area (Å²) in [6.45, 7) is 0. The van der Waals surface area contributed by atoms with E-state index in [0.29, 0.717) is 0 Å². The molecule has 2 N–H and O–H groups in total. The summed E-state index contributed by atoms with van der Waals surface area (Å²) in [4.78, 5) is 0. The Morgan fingerprint density at radius 3 is 1.12 bits per heavy atom. The van der Waals surface area contributed by atoms with E-state index in [1.807, 2.05) is 0 Å². The summed E-state index contributed by atoms with van der Waals surface area (Å²) in [5, 5.41) is 0. The first-order chi connectivity index (χ1) is 2.00. The average Bonchev–Trinajstić information content (AvgIpc) is 0.722. The third kappa shape index (κ3) is 74.7. The molecule has 0 aliphatic heterocycles. The van der Waals surface area contributed by atoms with E-state index in [4.69, 9.17) is 17.5 Å². The summed E-state index contributed by atoms with van der Waals surface area (Å²) < 4.78 is 31.6.